The molecule has 7 nitrogen and oxygen atoms in total. The van der Waals surface area contributed by atoms with Crippen LogP contribution in [0.15, 0.2) is 22.7 Å². The normalized spacial score (nSPS) is 12.1. The van der Waals surface area contributed by atoms with Crippen LogP contribution in [0.4, 0.5) is 5.69 Å². The van der Waals surface area contributed by atoms with Gasteiger partial charge in [-0.3, -0.25) is 4.79 Å². The van der Waals surface area contributed by atoms with E-state index in [-0.39, 0.29) is 11.9 Å². The highest BCUT2D eigenvalue weighted by atomic mass is 79.9. The molecule has 18 heavy (non-hydrogen) atoms. The van der Waals surface area contributed by atoms with E-state index in [1.54, 1.807) is 25.1 Å². The van der Waals surface area contributed by atoms with Crippen molar-refractivity contribution in [2.75, 3.05) is 5.73 Å². The van der Waals surface area contributed by atoms with Crippen molar-refractivity contribution in [2.24, 2.45) is 0 Å². The van der Waals surface area contributed by atoms with Crippen molar-refractivity contribution in [3.63, 3.8) is 0 Å². The molecule has 0 aliphatic carbocycles. The summed E-state index contributed by atoms with van der Waals surface area (Å²) in [6, 6.07) is 4.67. The lowest BCUT2D eigenvalue weighted by molar-refractivity contribution is 0.0938. The summed E-state index contributed by atoms with van der Waals surface area (Å²) in [6.07, 6.45) is 0. The first kappa shape index (κ1) is 12.5. The second-order valence-electron chi connectivity index (χ2n) is 3.70. The van der Waals surface area contributed by atoms with Gasteiger partial charge in [-0.15, -0.1) is 10.2 Å². The molecule has 0 saturated heterocycles. The van der Waals surface area contributed by atoms with Crippen LogP contribution in [-0.2, 0) is 0 Å². The average Bonchev–Trinajstić information content (AvgIpc) is 2.86. The van der Waals surface area contributed by atoms with Crippen molar-refractivity contribution >= 4 is 27.5 Å². The molecule has 0 aliphatic rings. The molecule has 0 radical (unpaired) electrons. The third-order valence-corrected chi connectivity index (χ3v) is 3.08. The van der Waals surface area contributed by atoms with Crippen LogP contribution in [0.5, 0.6) is 0 Å². The summed E-state index contributed by atoms with van der Waals surface area (Å²) in [4.78, 5) is 11.9. The lowest BCUT2D eigenvalue weighted by atomic mass is 10.2. The first-order chi connectivity index (χ1) is 8.58. The van der Waals surface area contributed by atoms with Gasteiger partial charge in [0.2, 0.25) is 0 Å². The van der Waals surface area contributed by atoms with Gasteiger partial charge in [0.25, 0.3) is 5.91 Å². The number of carbonyl (C=O) groups excluding carboxylic acids is 1. The minimum atomic E-state index is -0.332. The minimum absolute atomic E-state index is 0.244. The van der Waals surface area contributed by atoms with E-state index in [2.05, 4.69) is 41.9 Å². The molecular formula is C10H11BrN6O. The standard InChI is InChI=1S/C10H11BrN6O/c1-5(9-14-16-17-15-9)13-10(18)6-2-3-7(11)8(12)4-6/h2-5H,12H2,1H3,(H,13,18)(H,14,15,16,17). The van der Waals surface area contributed by atoms with E-state index in [9.17, 15) is 4.79 Å². The molecule has 2 aromatic rings. The predicted octanol–water partition coefficient (Wildman–Crippen LogP) is 1.04. The Kier molecular flexibility index (Phi) is 3.56. The summed E-state index contributed by atoms with van der Waals surface area (Å²) in [5.41, 5.74) is 6.70. The molecule has 0 fully saturated rings. The summed E-state index contributed by atoms with van der Waals surface area (Å²) in [5, 5.41) is 16.1. The van der Waals surface area contributed by atoms with Gasteiger partial charge < -0.3 is 11.1 Å². The molecule has 0 saturated carbocycles. The topological polar surface area (TPSA) is 110 Å². The van der Waals surface area contributed by atoms with Gasteiger partial charge in [0.15, 0.2) is 5.82 Å². The Morgan fingerprint density at radius 1 is 1.56 bits per heavy atom. The van der Waals surface area contributed by atoms with Crippen LogP contribution in [0.25, 0.3) is 0 Å². The molecule has 0 bridgehead atoms. The van der Waals surface area contributed by atoms with Gasteiger partial charge in [0.05, 0.1) is 6.04 Å². The van der Waals surface area contributed by atoms with Crippen molar-refractivity contribution in [3.05, 3.63) is 34.1 Å². The van der Waals surface area contributed by atoms with E-state index >= 15 is 0 Å². The zero-order valence-corrected chi connectivity index (χ0v) is 11.1. The van der Waals surface area contributed by atoms with E-state index < -0.39 is 0 Å². The van der Waals surface area contributed by atoms with Crippen molar-refractivity contribution in [1.29, 1.82) is 0 Å². The third-order valence-electron chi connectivity index (χ3n) is 2.35. The number of anilines is 1. The van der Waals surface area contributed by atoms with Crippen LogP contribution in [0.3, 0.4) is 0 Å². The van der Waals surface area contributed by atoms with Gasteiger partial charge in [-0.25, -0.2) is 0 Å². The number of aromatic nitrogens is 4. The predicted molar refractivity (Wildman–Crippen MR) is 68.6 cm³/mol. The number of hydrogen-bond acceptors (Lipinski definition) is 5. The zero-order valence-electron chi connectivity index (χ0n) is 9.51. The number of nitrogens with two attached hydrogens (primary N) is 1. The number of amides is 1. The number of benzene rings is 1. The summed E-state index contributed by atoms with van der Waals surface area (Å²) < 4.78 is 0.755. The number of halogens is 1. The Morgan fingerprint density at radius 2 is 2.33 bits per heavy atom. The summed E-state index contributed by atoms with van der Waals surface area (Å²) in [7, 11) is 0. The maximum atomic E-state index is 11.9. The number of nitrogen functional groups attached to an aromatic ring is 1. The molecule has 94 valence electrons. The Morgan fingerprint density at radius 3 is 2.94 bits per heavy atom. The van der Waals surface area contributed by atoms with Crippen molar-refractivity contribution in [2.45, 2.75) is 13.0 Å². The minimum Gasteiger partial charge on any atom is -0.398 e. The number of aromatic amines is 1. The molecule has 1 heterocycles. The number of nitrogens with zero attached hydrogens (tertiary/aromatic N) is 3. The molecule has 1 amide bonds. The molecule has 1 unspecified atom stereocenters. The van der Waals surface area contributed by atoms with Crippen LogP contribution in [0, 0.1) is 0 Å². The maximum Gasteiger partial charge on any atom is 0.251 e. The van der Waals surface area contributed by atoms with Gasteiger partial charge in [-0.05, 0) is 41.1 Å². The fourth-order valence-electron chi connectivity index (χ4n) is 1.38. The lowest BCUT2D eigenvalue weighted by Gasteiger charge is -2.10. The van der Waals surface area contributed by atoms with E-state index in [1.807, 2.05) is 0 Å². The highest BCUT2D eigenvalue weighted by Crippen LogP contribution is 2.20. The van der Waals surface area contributed by atoms with Crippen LogP contribution in [-0.4, -0.2) is 26.5 Å². The molecule has 2 rings (SSSR count). The second kappa shape index (κ2) is 5.13. The molecule has 0 spiro atoms. The summed E-state index contributed by atoms with van der Waals surface area (Å²) in [5.74, 6) is 0.180. The molecule has 4 N–H and O–H groups in total. The van der Waals surface area contributed by atoms with Gasteiger partial charge in [-0.1, -0.05) is 5.21 Å². The SMILES string of the molecule is CC(NC(=O)c1ccc(Br)c(N)c1)c1nn[nH]n1. The highest BCUT2D eigenvalue weighted by molar-refractivity contribution is 9.10. The van der Waals surface area contributed by atoms with Crippen LogP contribution in [0.1, 0.15) is 29.1 Å². The van der Waals surface area contributed by atoms with E-state index in [1.165, 1.54) is 0 Å². The fraction of sp³-hybridized carbons (Fsp3) is 0.200. The Bertz CT molecular complexity index is 556. The van der Waals surface area contributed by atoms with Gasteiger partial charge in [0, 0.05) is 15.7 Å². The number of hydrogen-bond donors (Lipinski definition) is 3. The number of tetrazole rings is 1. The Hall–Kier alpha value is -1.96. The van der Waals surface area contributed by atoms with Gasteiger partial charge in [0.1, 0.15) is 0 Å². The monoisotopic (exact) mass is 310 g/mol. The molecule has 1 atom stereocenters. The van der Waals surface area contributed by atoms with Gasteiger partial charge >= 0.3 is 0 Å². The number of rotatable bonds is 3. The van der Waals surface area contributed by atoms with E-state index in [4.69, 9.17) is 5.73 Å². The maximum absolute atomic E-state index is 11.9. The van der Waals surface area contributed by atoms with Crippen molar-refractivity contribution in [3.8, 4) is 0 Å². The second-order valence-corrected chi connectivity index (χ2v) is 4.56. The first-order valence-corrected chi connectivity index (χ1v) is 5.96. The van der Waals surface area contributed by atoms with Crippen LogP contribution >= 0.6 is 15.9 Å². The quantitative estimate of drug-likeness (QED) is 0.734. The summed E-state index contributed by atoms with van der Waals surface area (Å²) >= 11 is 3.27. The van der Waals surface area contributed by atoms with E-state index in [0.29, 0.717) is 17.1 Å². The first-order valence-electron chi connectivity index (χ1n) is 5.17. The fourth-order valence-corrected chi connectivity index (χ4v) is 1.63. The largest absolute Gasteiger partial charge is 0.398 e. The Labute approximate surface area is 111 Å². The average molecular weight is 311 g/mol. The smallest absolute Gasteiger partial charge is 0.251 e. The summed E-state index contributed by atoms with van der Waals surface area (Å²) in [6.45, 7) is 1.77. The number of nitrogens with one attached hydrogen (secondary N) is 2. The van der Waals surface area contributed by atoms with Crippen LogP contribution in [0.2, 0.25) is 0 Å². The number of carbonyl (C=O) groups is 1. The van der Waals surface area contributed by atoms with Crippen molar-refractivity contribution < 1.29 is 4.79 Å². The molecule has 1 aromatic heterocycles. The number of H-pyrrole nitrogens is 1. The molecule has 0 aliphatic heterocycles. The van der Waals surface area contributed by atoms with E-state index in [0.717, 1.165) is 4.47 Å². The molecule has 8 heteroatoms. The Balaban J connectivity index is 2.10. The molecular weight excluding hydrogens is 300 g/mol. The third kappa shape index (κ3) is 2.65. The highest BCUT2D eigenvalue weighted by Gasteiger charge is 2.15. The van der Waals surface area contributed by atoms with Gasteiger partial charge in [-0.2, -0.15) is 5.21 Å². The van der Waals surface area contributed by atoms with Crippen LogP contribution < -0.4 is 11.1 Å². The zero-order chi connectivity index (χ0) is 13.1. The van der Waals surface area contributed by atoms with Crippen molar-refractivity contribution in [1.82, 2.24) is 25.9 Å². The lowest BCUT2D eigenvalue weighted by Crippen LogP contribution is -2.27. The molecule has 1 aromatic carbocycles.